The van der Waals surface area contributed by atoms with Crippen molar-refractivity contribution in [3.05, 3.63) is 150 Å². The summed E-state index contributed by atoms with van der Waals surface area (Å²) in [4.78, 5) is 7.71. The number of fused-ring (bicyclic) bond motifs is 6. The molecule has 0 radical (unpaired) electrons. The fraction of sp³-hybridized carbons (Fsp3) is 0.125. The van der Waals surface area contributed by atoms with E-state index in [1.54, 1.807) is 0 Å². The maximum Gasteiger partial charge on any atom is 0.643 e. The van der Waals surface area contributed by atoms with Crippen LogP contribution in [0.1, 0.15) is 30.5 Å². The molecule has 0 atom stereocenters. The third-order valence-electron chi connectivity index (χ3n) is 10.2. The summed E-state index contributed by atoms with van der Waals surface area (Å²) in [5.74, 6) is 1.16. The van der Waals surface area contributed by atoms with E-state index in [1.807, 2.05) is 0 Å². The van der Waals surface area contributed by atoms with Gasteiger partial charge in [-0.3, -0.25) is 0 Å². The van der Waals surface area contributed by atoms with E-state index >= 15 is 0 Å². The zero-order valence-electron chi connectivity index (χ0n) is 26.1. The third-order valence-corrected chi connectivity index (χ3v) is 10.2. The molecule has 0 fully saturated rings. The number of anilines is 6. The first-order chi connectivity index (χ1) is 21.9. The van der Waals surface area contributed by atoms with Crippen molar-refractivity contribution in [2.75, 3.05) is 14.4 Å². The van der Waals surface area contributed by atoms with Crippen LogP contribution in [0, 0.1) is 6.92 Å². The summed E-state index contributed by atoms with van der Waals surface area (Å²) in [6.07, 6.45) is 2.23. The van der Waals surface area contributed by atoms with E-state index in [0.717, 1.165) is 5.82 Å². The largest absolute Gasteiger partial charge is 0.643 e. The molecule has 4 bridgehead atoms. The van der Waals surface area contributed by atoms with Crippen molar-refractivity contribution in [1.29, 1.82) is 0 Å². The molecule has 5 aromatic carbocycles. The third kappa shape index (κ3) is 3.58. The molecule has 0 unspecified atom stereocenters. The molecule has 0 amide bonds. The molecule has 0 saturated carbocycles. The maximum atomic E-state index is 2.59. The SMILES string of the molecule is Cc1cccc2c1N1B3N2c2ccccc2N3c2c(-c3ccccc3)cccc2-c2ccc(cc2)C(C)(C)c2cc[n+](C)c1c2. The van der Waals surface area contributed by atoms with Gasteiger partial charge in [0.15, 0.2) is 0 Å². The van der Waals surface area contributed by atoms with Gasteiger partial charge in [0.05, 0.1) is 30.3 Å². The lowest BCUT2D eigenvalue weighted by Crippen LogP contribution is -2.55. The monoisotopic (exact) mass is 581 g/mol. The molecule has 45 heavy (non-hydrogen) atoms. The Morgan fingerprint density at radius 3 is 1.91 bits per heavy atom. The number of aryl methyl sites for hydroxylation is 2. The number of hydrogen-bond donors (Lipinski definition) is 0. The Labute approximate surface area is 265 Å². The van der Waals surface area contributed by atoms with E-state index in [0.29, 0.717) is 0 Å². The van der Waals surface area contributed by atoms with Gasteiger partial charge in [-0.05, 0) is 59.0 Å². The molecule has 4 aliphatic rings. The molecular weight excluding hydrogens is 547 g/mol. The number of pyridine rings is 1. The molecule has 6 aromatic rings. The molecular formula is C40H34BN4+. The van der Waals surface area contributed by atoms with Crippen LogP contribution in [0.25, 0.3) is 22.3 Å². The molecule has 0 spiro atoms. The molecule has 4 nitrogen and oxygen atoms in total. The average Bonchev–Trinajstić information content (AvgIpc) is 3.58. The second-order valence-corrected chi connectivity index (χ2v) is 13.0. The maximum absolute atomic E-state index is 2.59. The normalized spacial score (nSPS) is 15.1. The van der Waals surface area contributed by atoms with Crippen LogP contribution < -0.4 is 19.0 Å². The number of hydrogen-bond acceptors (Lipinski definition) is 3. The van der Waals surface area contributed by atoms with Crippen LogP contribution in [0.15, 0.2) is 134 Å². The van der Waals surface area contributed by atoms with Gasteiger partial charge in [0.1, 0.15) is 5.69 Å². The van der Waals surface area contributed by atoms with Crippen LogP contribution in [0.4, 0.5) is 34.3 Å². The summed E-state index contributed by atoms with van der Waals surface area (Å²) in [5.41, 5.74) is 14.6. The Morgan fingerprint density at radius 1 is 0.556 bits per heavy atom. The minimum Gasteiger partial charge on any atom is -0.319 e. The number of aromatic nitrogens is 1. The van der Waals surface area contributed by atoms with Gasteiger partial charge in [0.2, 0.25) is 0 Å². The van der Waals surface area contributed by atoms with Gasteiger partial charge in [-0.2, -0.15) is 0 Å². The lowest BCUT2D eigenvalue weighted by Gasteiger charge is -2.30. The highest BCUT2D eigenvalue weighted by molar-refractivity contribution is 6.80. The first kappa shape index (κ1) is 26.1. The van der Waals surface area contributed by atoms with E-state index in [4.69, 9.17) is 0 Å². The highest BCUT2D eigenvalue weighted by atomic mass is 15.5. The molecule has 0 N–H and O–H groups in total. The molecule has 10 rings (SSSR count). The molecule has 1 aromatic heterocycles. The Morgan fingerprint density at radius 2 is 1.18 bits per heavy atom. The highest BCUT2D eigenvalue weighted by Crippen LogP contribution is 2.58. The van der Waals surface area contributed by atoms with Gasteiger partial charge in [0.25, 0.3) is 5.82 Å². The van der Waals surface area contributed by atoms with Crippen molar-refractivity contribution < 1.29 is 4.57 Å². The van der Waals surface area contributed by atoms with E-state index < -0.39 is 0 Å². The average molecular weight is 582 g/mol. The van der Waals surface area contributed by atoms with Crippen molar-refractivity contribution in [2.24, 2.45) is 7.05 Å². The van der Waals surface area contributed by atoms with E-state index in [2.05, 4.69) is 180 Å². The summed E-state index contributed by atoms with van der Waals surface area (Å²) in [6, 6.07) is 47.3. The van der Waals surface area contributed by atoms with Crippen LogP contribution >= 0.6 is 0 Å². The second-order valence-electron chi connectivity index (χ2n) is 13.0. The van der Waals surface area contributed by atoms with Crippen molar-refractivity contribution in [3.63, 3.8) is 0 Å². The quantitative estimate of drug-likeness (QED) is 0.142. The second kappa shape index (κ2) is 9.36. The van der Waals surface area contributed by atoms with Crippen LogP contribution in [-0.4, -0.2) is 7.12 Å². The lowest BCUT2D eigenvalue weighted by atomic mass is 9.78. The van der Waals surface area contributed by atoms with Gasteiger partial charge in [0, 0.05) is 28.3 Å². The van der Waals surface area contributed by atoms with Crippen LogP contribution in [0.2, 0.25) is 0 Å². The van der Waals surface area contributed by atoms with Crippen molar-refractivity contribution in [2.45, 2.75) is 26.2 Å². The summed E-state index contributed by atoms with van der Waals surface area (Å²) >= 11 is 0. The summed E-state index contributed by atoms with van der Waals surface area (Å²) in [6.45, 7) is 6.93. The molecule has 0 aliphatic carbocycles. The van der Waals surface area contributed by atoms with Crippen LogP contribution in [-0.2, 0) is 12.5 Å². The Bertz CT molecular complexity index is 2140. The number of nitrogens with zero attached hydrogens (tertiary/aromatic N) is 4. The number of rotatable bonds is 1. The molecule has 5 heteroatoms. The first-order valence-corrected chi connectivity index (χ1v) is 15.8. The molecule has 4 aliphatic heterocycles. The van der Waals surface area contributed by atoms with Gasteiger partial charge < -0.3 is 9.62 Å². The van der Waals surface area contributed by atoms with E-state index in [1.165, 1.54) is 67.4 Å². The van der Waals surface area contributed by atoms with Gasteiger partial charge in [-0.1, -0.05) is 111 Å². The number of para-hydroxylation sites is 4. The summed E-state index contributed by atoms with van der Waals surface area (Å²) in [5, 5.41) is 0. The Hall–Kier alpha value is -5.29. The predicted molar refractivity (Wildman–Crippen MR) is 187 cm³/mol. The predicted octanol–water partition coefficient (Wildman–Crippen LogP) is 9.22. The van der Waals surface area contributed by atoms with E-state index in [-0.39, 0.29) is 12.5 Å². The number of benzene rings is 5. The molecule has 5 heterocycles. The smallest absolute Gasteiger partial charge is 0.319 e. The van der Waals surface area contributed by atoms with Gasteiger partial charge in [-0.25, -0.2) is 9.38 Å². The topological polar surface area (TPSA) is 13.6 Å². The van der Waals surface area contributed by atoms with E-state index in [9.17, 15) is 0 Å². The highest BCUT2D eigenvalue weighted by Gasteiger charge is 2.61. The van der Waals surface area contributed by atoms with Gasteiger partial charge >= 0.3 is 7.12 Å². The molecule has 216 valence electrons. The standard InChI is InChI=1S/C40H34BN4/c1-27-12-10-19-36-38(27)45-37-26-31(24-25-42(37)4)40(2,3)30-22-20-29(21-23-30)33-16-11-15-32(28-13-6-5-7-14-28)39(33)44-35-18-9-8-17-34(35)43(36)41(44)45/h5-26H,1-4H3/q+1. The Kier molecular flexibility index (Phi) is 5.44. The minimum absolute atomic E-state index is 0.147. The fourth-order valence-electron chi connectivity index (χ4n) is 7.76. The van der Waals surface area contributed by atoms with Crippen LogP contribution in [0.5, 0.6) is 0 Å². The summed E-state index contributed by atoms with van der Waals surface area (Å²) in [7, 11) is 2.03. The van der Waals surface area contributed by atoms with Gasteiger partial charge in [-0.15, -0.1) is 0 Å². The first-order valence-electron chi connectivity index (χ1n) is 15.8. The lowest BCUT2D eigenvalue weighted by molar-refractivity contribution is -0.658. The molecule has 0 saturated heterocycles. The van der Waals surface area contributed by atoms with Crippen molar-refractivity contribution in [3.8, 4) is 22.3 Å². The van der Waals surface area contributed by atoms with Crippen LogP contribution in [0.3, 0.4) is 0 Å². The minimum atomic E-state index is -0.184. The van der Waals surface area contributed by atoms with Crippen molar-refractivity contribution in [1.82, 2.24) is 0 Å². The zero-order valence-corrected chi connectivity index (χ0v) is 26.1. The summed E-state index contributed by atoms with van der Waals surface area (Å²) < 4.78 is 2.28. The Balaban J connectivity index is 1.46. The fourth-order valence-corrected chi connectivity index (χ4v) is 7.76. The zero-order chi connectivity index (χ0) is 30.4. The van der Waals surface area contributed by atoms with Crippen molar-refractivity contribution >= 4 is 41.4 Å².